The number of hydrogen-bond acceptors (Lipinski definition) is 4. The molecule has 1 aliphatic rings. The quantitative estimate of drug-likeness (QED) is 0.761. The Morgan fingerprint density at radius 1 is 1.47 bits per heavy atom. The maximum Gasteiger partial charge on any atom is 0.234 e. The Kier molecular flexibility index (Phi) is 4.05. The maximum atomic E-state index is 5.80. The number of aromatic nitrogens is 2. The largest absolute Gasteiger partial charge is 0.477 e. The van der Waals surface area contributed by atoms with Crippen molar-refractivity contribution in [2.75, 3.05) is 24.3 Å². The van der Waals surface area contributed by atoms with E-state index < -0.39 is 0 Å². The number of nitrogens with one attached hydrogen (secondary N) is 1. The molecule has 1 saturated carbocycles. The van der Waals surface area contributed by atoms with Crippen LogP contribution in [0.15, 0.2) is 12.4 Å². The molecule has 0 unspecified atom stereocenters. The first kappa shape index (κ1) is 12.4. The van der Waals surface area contributed by atoms with Gasteiger partial charge in [0.15, 0.2) is 0 Å². The van der Waals surface area contributed by atoms with Gasteiger partial charge in [-0.15, -0.1) is 11.6 Å². The number of anilines is 1. The number of ether oxygens (including phenoxy) is 1. The minimum Gasteiger partial charge on any atom is -0.477 e. The second-order valence-electron chi connectivity index (χ2n) is 4.47. The first-order valence-electron chi connectivity index (χ1n) is 6.03. The molecule has 0 saturated heterocycles. The Labute approximate surface area is 107 Å². The zero-order chi connectivity index (χ0) is 12.1. The third-order valence-electron chi connectivity index (χ3n) is 3.13. The van der Waals surface area contributed by atoms with Gasteiger partial charge in [-0.1, -0.05) is 0 Å². The number of hydrogen-bond donors (Lipinski definition) is 1. The van der Waals surface area contributed by atoms with E-state index in [1.807, 2.05) is 6.92 Å². The summed E-state index contributed by atoms with van der Waals surface area (Å²) < 4.78 is 5.31. The molecule has 1 fully saturated rings. The molecule has 5 heteroatoms. The third-order valence-corrected chi connectivity index (χ3v) is 3.32. The van der Waals surface area contributed by atoms with Gasteiger partial charge in [0.2, 0.25) is 5.88 Å². The number of nitrogens with zero attached hydrogens (tertiary/aromatic N) is 2. The molecule has 1 aromatic rings. The van der Waals surface area contributed by atoms with Gasteiger partial charge in [-0.25, -0.2) is 0 Å². The zero-order valence-corrected chi connectivity index (χ0v) is 10.8. The van der Waals surface area contributed by atoms with E-state index in [2.05, 4.69) is 15.3 Å². The Morgan fingerprint density at radius 2 is 2.29 bits per heavy atom. The van der Waals surface area contributed by atoms with Gasteiger partial charge in [0.25, 0.3) is 0 Å². The highest BCUT2D eigenvalue weighted by Crippen LogP contribution is 2.48. The first-order valence-corrected chi connectivity index (χ1v) is 6.56. The van der Waals surface area contributed by atoms with Crippen LogP contribution < -0.4 is 10.1 Å². The number of rotatable bonds is 7. The summed E-state index contributed by atoms with van der Waals surface area (Å²) in [6.45, 7) is 3.46. The van der Waals surface area contributed by atoms with Gasteiger partial charge in [0.05, 0.1) is 19.0 Å². The van der Waals surface area contributed by atoms with Crippen LogP contribution in [0.5, 0.6) is 5.88 Å². The van der Waals surface area contributed by atoms with Crippen molar-refractivity contribution in [3.8, 4) is 5.88 Å². The summed E-state index contributed by atoms with van der Waals surface area (Å²) in [5, 5.41) is 3.32. The molecule has 17 heavy (non-hydrogen) atoms. The van der Waals surface area contributed by atoms with Gasteiger partial charge in [-0.05, 0) is 31.6 Å². The van der Waals surface area contributed by atoms with Crippen LogP contribution in [0.1, 0.15) is 26.2 Å². The minimum atomic E-state index is 0.394. The van der Waals surface area contributed by atoms with E-state index in [0.29, 0.717) is 17.9 Å². The lowest BCUT2D eigenvalue weighted by atomic mass is 10.0. The van der Waals surface area contributed by atoms with Crippen LogP contribution in [0.3, 0.4) is 0 Å². The zero-order valence-electron chi connectivity index (χ0n) is 10.1. The van der Waals surface area contributed by atoms with Crippen LogP contribution in [-0.4, -0.2) is 29.0 Å². The molecule has 1 N–H and O–H groups in total. The van der Waals surface area contributed by atoms with Crippen LogP contribution in [0, 0.1) is 5.41 Å². The fraction of sp³-hybridized carbons (Fsp3) is 0.667. The molecule has 2 rings (SSSR count). The molecule has 1 aliphatic carbocycles. The van der Waals surface area contributed by atoms with Crippen LogP contribution in [-0.2, 0) is 0 Å². The molecule has 0 spiro atoms. The first-order chi connectivity index (χ1) is 8.28. The molecule has 0 aliphatic heterocycles. The average molecular weight is 256 g/mol. The van der Waals surface area contributed by atoms with Gasteiger partial charge in [-0.3, -0.25) is 4.98 Å². The molecule has 0 bridgehead atoms. The highest BCUT2D eigenvalue weighted by atomic mass is 35.5. The van der Waals surface area contributed by atoms with Gasteiger partial charge >= 0.3 is 0 Å². The molecule has 0 amide bonds. The van der Waals surface area contributed by atoms with Crippen molar-refractivity contribution in [1.82, 2.24) is 9.97 Å². The lowest BCUT2D eigenvalue weighted by molar-refractivity contribution is 0.325. The fourth-order valence-corrected chi connectivity index (χ4v) is 2.22. The smallest absolute Gasteiger partial charge is 0.234 e. The Morgan fingerprint density at radius 3 is 2.94 bits per heavy atom. The summed E-state index contributed by atoms with van der Waals surface area (Å²) in [6, 6.07) is 0. The van der Waals surface area contributed by atoms with Crippen molar-refractivity contribution in [3.63, 3.8) is 0 Å². The lowest BCUT2D eigenvalue weighted by Gasteiger charge is -2.14. The molecule has 0 aromatic carbocycles. The summed E-state index contributed by atoms with van der Waals surface area (Å²) in [6.07, 6.45) is 6.93. The van der Waals surface area contributed by atoms with Gasteiger partial charge in [0.1, 0.15) is 5.82 Å². The predicted octanol–water partition coefficient (Wildman–Crippen LogP) is 2.70. The van der Waals surface area contributed by atoms with Crippen LogP contribution in [0.2, 0.25) is 0 Å². The van der Waals surface area contributed by atoms with E-state index in [9.17, 15) is 0 Å². The lowest BCUT2D eigenvalue weighted by Crippen LogP contribution is -2.16. The van der Waals surface area contributed by atoms with Crippen LogP contribution in [0.25, 0.3) is 0 Å². The monoisotopic (exact) mass is 255 g/mol. The summed E-state index contributed by atoms with van der Waals surface area (Å²) >= 11 is 5.80. The van der Waals surface area contributed by atoms with E-state index in [1.54, 1.807) is 12.4 Å². The van der Waals surface area contributed by atoms with E-state index in [4.69, 9.17) is 16.3 Å². The Hall–Kier alpha value is -1.03. The minimum absolute atomic E-state index is 0.394. The van der Waals surface area contributed by atoms with Crippen LogP contribution in [0.4, 0.5) is 5.82 Å². The maximum absolute atomic E-state index is 5.80. The predicted molar refractivity (Wildman–Crippen MR) is 68.7 cm³/mol. The SMILES string of the molecule is CCOc1cncc(NCC2(CCCl)CC2)n1. The number of alkyl halides is 1. The normalized spacial score (nSPS) is 16.6. The van der Waals surface area contributed by atoms with E-state index in [-0.39, 0.29) is 0 Å². The molecular formula is C12H18ClN3O. The van der Waals surface area contributed by atoms with Gasteiger partial charge in [-0.2, -0.15) is 4.98 Å². The highest BCUT2D eigenvalue weighted by molar-refractivity contribution is 6.17. The van der Waals surface area contributed by atoms with Gasteiger partial charge in [0, 0.05) is 12.4 Å². The molecular weight excluding hydrogens is 238 g/mol. The van der Waals surface area contributed by atoms with E-state index >= 15 is 0 Å². The molecule has 0 radical (unpaired) electrons. The summed E-state index contributed by atoms with van der Waals surface area (Å²) in [5.74, 6) is 2.07. The summed E-state index contributed by atoms with van der Waals surface area (Å²) in [7, 11) is 0. The standard InChI is InChI=1S/C12H18ClN3O/c1-2-17-11-8-14-7-10(16-11)15-9-12(3-4-12)5-6-13/h7-8H,2-6,9H2,1H3,(H,15,16). The van der Waals surface area contributed by atoms with E-state index in [0.717, 1.165) is 24.7 Å². The molecule has 4 nitrogen and oxygen atoms in total. The Balaban J connectivity index is 1.88. The Bertz CT molecular complexity index is 369. The van der Waals surface area contributed by atoms with Crippen molar-refractivity contribution in [1.29, 1.82) is 0 Å². The second kappa shape index (κ2) is 5.54. The molecule has 1 heterocycles. The fourth-order valence-electron chi connectivity index (χ4n) is 1.82. The second-order valence-corrected chi connectivity index (χ2v) is 4.85. The van der Waals surface area contributed by atoms with Gasteiger partial charge < -0.3 is 10.1 Å². The van der Waals surface area contributed by atoms with Crippen molar-refractivity contribution in [2.45, 2.75) is 26.2 Å². The van der Waals surface area contributed by atoms with Crippen molar-refractivity contribution in [2.24, 2.45) is 5.41 Å². The molecule has 0 atom stereocenters. The van der Waals surface area contributed by atoms with Crippen molar-refractivity contribution >= 4 is 17.4 Å². The number of halogens is 1. The summed E-state index contributed by atoms with van der Waals surface area (Å²) in [5.41, 5.74) is 0.394. The van der Waals surface area contributed by atoms with Crippen LogP contribution >= 0.6 is 11.6 Å². The highest BCUT2D eigenvalue weighted by Gasteiger charge is 2.41. The van der Waals surface area contributed by atoms with E-state index in [1.165, 1.54) is 12.8 Å². The third kappa shape index (κ3) is 3.46. The molecule has 94 valence electrons. The molecule has 1 aromatic heterocycles. The van der Waals surface area contributed by atoms with Crippen molar-refractivity contribution < 1.29 is 4.74 Å². The average Bonchev–Trinajstić information content (AvgIpc) is 3.09. The topological polar surface area (TPSA) is 47.0 Å². The van der Waals surface area contributed by atoms with Crippen molar-refractivity contribution in [3.05, 3.63) is 12.4 Å². The summed E-state index contributed by atoms with van der Waals surface area (Å²) in [4.78, 5) is 8.42.